The Morgan fingerprint density at radius 2 is 0.840 bits per heavy atom. The van der Waals surface area contributed by atoms with Crippen LogP contribution in [0.15, 0.2) is 255 Å². The molecule has 10 nitrogen and oxygen atoms in total. The lowest BCUT2D eigenvalue weighted by Crippen LogP contribution is -2.49. The SMILES string of the molecule is CC(F)(F)c1cc(C(=O)C[C@@](Cc2ccccc2)(c2ccc(Cl)cn2)c2cccc(C(F)(F)F)c2F)ccc1F.COc1ccc([C@@](Cc2ccccc2)(NC(=O)c2ccc(F)c(C(C)(F)F)c2)c2ccc(Cl)cn2)cc1C(F)(F)F.Cc1ccc(C(=O)N[C@](Cc2ccccc2)(c2cc(F)cc(OCC(F)(F)C(F)F)c2)c2ccc(Cl)cn2)cc1C(F)(F)F. The molecule has 3 atom stereocenters. The van der Waals surface area contributed by atoms with Crippen molar-refractivity contribution in [2.24, 2.45) is 0 Å². The molecule has 12 aromatic rings. The number of halogens is 24. The van der Waals surface area contributed by atoms with Gasteiger partial charge in [-0.25, -0.2) is 43.9 Å². The number of alkyl halides is 17. The number of hydrogen-bond acceptors (Lipinski definition) is 8. The monoisotopic (exact) mass is 1810 g/mol. The minimum Gasteiger partial charge on any atom is -0.496 e. The number of carbonyl (C=O) groups excluding carboxylic acids is 3. The van der Waals surface area contributed by atoms with E-state index in [0.717, 1.165) is 67.8 Å². The Morgan fingerprint density at radius 1 is 0.416 bits per heavy atom. The molecule has 654 valence electrons. The van der Waals surface area contributed by atoms with E-state index in [9.17, 15) is 97.8 Å². The van der Waals surface area contributed by atoms with Crippen LogP contribution in [-0.2, 0) is 66.1 Å². The van der Waals surface area contributed by atoms with Crippen LogP contribution in [0.25, 0.3) is 0 Å². The quantitative estimate of drug-likeness (QED) is 0.0405. The summed E-state index contributed by atoms with van der Waals surface area (Å²) in [4.78, 5) is 54.0. The van der Waals surface area contributed by atoms with Crippen LogP contribution in [0.2, 0.25) is 15.1 Å². The standard InChI is InChI=1S/C31H23ClF8N2O2.C30H21ClF7NO.C30H23ClF6N2O2/c1-18-7-8-20(11-25(18)31(38,39)40)27(43)42-29(15-19-5-3-2-4-6-19,26-10-9-22(32)16-41-26)21-12-23(33)14-24(13-21)44-17-30(36,37)28(34)35;1-28(34,35)23-14-19(10-12-24(23)32)25(40)16-29(15-18-6-3-2-4-7-18,26-13-11-20(31)17-39-26)21-8-5-9-22(27(21)33)30(36,37)38;1-28(33,34)22-14-19(8-11-24(22)32)27(40)39-29(16-18-6-4-3-5-7-18,26-13-10-21(31)17-38-26)20-9-12-25(41-2)23(15-20)30(35,36)37/h2-14,16,28H,15,17H2,1H3,(H,42,43);2-14,17H,15-16H2,1H3;3-15,17H,16H2,1-2H3,(H,39,40)/t3*29-/m111/s1. The fourth-order valence-corrected chi connectivity index (χ4v) is 14.1. The number of nitrogens with zero attached hydrogens (tertiary/aromatic N) is 3. The highest BCUT2D eigenvalue weighted by Crippen LogP contribution is 2.47. The first kappa shape index (κ1) is 95.3. The highest BCUT2D eigenvalue weighted by molar-refractivity contribution is 6.31. The molecule has 3 heterocycles. The van der Waals surface area contributed by atoms with Gasteiger partial charge in [0.25, 0.3) is 23.7 Å². The fourth-order valence-electron chi connectivity index (χ4n) is 13.7. The summed E-state index contributed by atoms with van der Waals surface area (Å²) in [5.74, 6) is -20.7. The maximum Gasteiger partial charge on any atom is 0.419 e. The largest absolute Gasteiger partial charge is 0.496 e. The van der Waals surface area contributed by atoms with Gasteiger partial charge in [-0.05, 0) is 162 Å². The van der Waals surface area contributed by atoms with E-state index in [1.807, 2.05) is 0 Å². The molecule has 0 aliphatic heterocycles. The first-order valence-electron chi connectivity index (χ1n) is 37.0. The summed E-state index contributed by atoms with van der Waals surface area (Å²) in [5.41, 5.74) is -11.2. The number of ether oxygens (including phenoxy) is 2. The molecule has 9 aromatic carbocycles. The third kappa shape index (κ3) is 23.2. The average molecular weight is 1820 g/mol. The molecule has 0 radical (unpaired) electrons. The zero-order valence-corrected chi connectivity index (χ0v) is 67.6. The molecule has 2 N–H and O–H groups in total. The van der Waals surface area contributed by atoms with E-state index in [4.69, 9.17) is 44.3 Å². The zero-order valence-electron chi connectivity index (χ0n) is 65.3. The number of ketones is 1. The summed E-state index contributed by atoms with van der Waals surface area (Å²) in [5, 5.41) is 6.02. The predicted octanol–water partition coefficient (Wildman–Crippen LogP) is 25.3. The third-order valence-electron chi connectivity index (χ3n) is 19.8. The Bertz CT molecular complexity index is 5790. The van der Waals surface area contributed by atoms with E-state index in [1.165, 1.54) is 74.0 Å². The van der Waals surface area contributed by atoms with Crippen LogP contribution in [0, 0.1) is 30.2 Å². The smallest absolute Gasteiger partial charge is 0.419 e. The summed E-state index contributed by atoms with van der Waals surface area (Å²) in [6.45, 7) is 0.400. The molecule has 0 saturated carbocycles. The molecule has 0 fully saturated rings. The van der Waals surface area contributed by atoms with Crippen LogP contribution in [0.3, 0.4) is 0 Å². The van der Waals surface area contributed by atoms with Gasteiger partial charge in [-0.3, -0.25) is 29.3 Å². The van der Waals surface area contributed by atoms with Crippen LogP contribution in [0.4, 0.5) is 92.2 Å². The van der Waals surface area contributed by atoms with E-state index < -0.39 is 164 Å². The predicted molar refractivity (Wildman–Crippen MR) is 425 cm³/mol. The van der Waals surface area contributed by atoms with Gasteiger partial charge in [-0.1, -0.05) is 150 Å². The first-order valence-corrected chi connectivity index (χ1v) is 38.1. The van der Waals surface area contributed by atoms with Gasteiger partial charge in [0.15, 0.2) is 12.4 Å². The van der Waals surface area contributed by atoms with E-state index in [0.29, 0.717) is 66.9 Å². The molecule has 0 aliphatic carbocycles. The van der Waals surface area contributed by atoms with Crippen molar-refractivity contribution in [2.75, 3.05) is 13.7 Å². The van der Waals surface area contributed by atoms with Crippen molar-refractivity contribution in [3.63, 3.8) is 0 Å². The van der Waals surface area contributed by atoms with Gasteiger partial charge >= 0.3 is 30.9 Å². The van der Waals surface area contributed by atoms with Gasteiger partial charge < -0.3 is 20.1 Å². The number of methoxy groups -OCH3 is 1. The molecule has 0 bridgehead atoms. The number of aromatic nitrogens is 3. The minimum atomic E-state index is -5.05. The minimum absolute atomic E-state index is 0.0236. The van der Waals surface area contributed by atoms with Crippen LogP contribution in [0.5, 0.6) is 11.5 Å². The van der Waals surface area contributed by atoms with Crippen molar-refractivity contribution >= 4 is 52.4 Å². The lowest BCUT2D eigenvalue weighted by molar-refractivity contribution is -0.148. The summed E-state index contributed by atoms with van der Waals surface area (Å²) >= 11 is 18.1. The molecule has 125 heavy (non-hydrogen) atoms. The number of pyridine rings is 3. The van der Waals surface area contributed by atoms with Gasteiger partial charge in [0.2, 0.25) is 0 Å². The Hall–Kier alpha value is -12.0. The van der Waals surface area contributed by atoms with Gasteiger partial charge in [-0.2, -0.15) is 48.3 Å². The molecular weight excluding hydrogens is 1750 g/mol. The number of nitrogens with one attached hydrogen (secondary N) is 2. The van der Waals surface area contributed by atoms with Crippen LogP contribution in [0.1, 0.15) is 135 Å². The first-order chi connectivity index (χ1) is 58.6. The molecule has 2 amide bonds. The maximum absolute atomic E-state index is 15.8. The molecule has 12 rings (SSSR count). The van der Waals surface area contributed by atoms with Crippen molar-refractivity contribution in [3.8, 4) is 11.5 Å². The number of benzene rings is 9. The Balaban J connectivity index is 0.000000196. The van der Waals surface area contributed by atoms with Crippen molar-refractivity contribution < 1.29 is 116 Å². The van der Waals surface area contributed by atoms with E-state index in [2.05, 4.69) is 25.6 Å². The van der Waals surface area contributed by atoms with Crippen LogP contribution in [-0.4, -0.2) is 58.6 Å². The Labute approximate surface area is 715 Å². The third-order valence-corrected chi connectivity index (χ3v) is 20.5. The number of hydrogen-bond donors (Lipinski definition) is 2. The molecule has 0 unspecified atom stereocenters. The molecule has 34 heteroatoms. The average Bonchev–Trinajstić information content (AvgIpc) is 0.756. The topological polar surface area (TPSA) is 132 Å². The second kappa shape index (κ2) is 38.7. The van der Waals surface area contributed by atoms with Crippen molar-refractivity contribution in [1.82, 2.24) is 25.6 Å². The number of rotatable bonds is 26. The molecule has 0 spiro atoms. The fraction of sp³-hybridized carbons (Fsp3) is 0.209. The molecule has 0 aliphatic rings. The summed E-state index contributed by atoms with van der Waals surface area (Å²) in [6, 6.07) is 50.3. The molecule has 0 saturated heterocycles. The van der Waals surface area contributed by atoms with Crippen LogP contribution >= 0.6 is 34.8 Å². The van der Waals surface area contributed by atoms with E-state index in [1.54, 1.807) is 91.0 Å². The van der Waals surface area contributed by atoms with E-state index in [-0.39, 0.29) is 79.2 Å². The zero-order chi connectivity index (χ0) is 91.6. The Kier molecular flexibility index (Phi) is 29.5. The second-order valence-electron chi connectivity index (χ2n) is 28.8. The number of aryl methyl sites for hydroxylation is 1. The highest BCUT2D eigenvalue weighted by Gasteiger charge is 2.48. The van der Waals surface area contributed by atoms with Gasteiger partial charge in [0.05, 0.1) is 72.5 Å². The summed E-state index contributed by atoms with van der Waals surface area (Å²) < 4.78 is 303. The summed E-state index contributed by atoms with van der Waals surface area (Å²) in [7, 11) is 1.10. The van der Waals surface area contributed by atoms with Crippen molar-refractivity contribution in [2.45, 2.75) is 106 Å². The van der Waals surface area contributed by atoms with Gasteiger partial charge in [0, 0.05) is 80.0 Å². The highest BCUT2D eigenvalue weighted by atomic mass is 35.5. The molecular formula is C91H67Cl3F21N5O5. The van der Waals surface area contributed by atoms with Gasteiger partial charge in [-0.15, -0.1) is 0 Å². The molecule has 3 aromatic heterocycles. The Morgan fingerprint density at radius 3 is 1.28 bits per heavy atom. The summed E-state index contributed by atoms with van der Waals surface area (Å²) in [6.07, 6.45) is -16.2. The number of carbonyl (C=O) groups is 3. The normalized spacial score (nSPS) is 13.5. The van der Waals surface area contributed by atoms with E-state index >= 15 is 8.78 Å². The number of amides is 2. The lowest BCUT2D eigenvalue weighted by atomic mass is 9.68. The number of Topliss-reactive ketones (excluding diaryl/α,β-unsaturated/α-hetero) is 1. The van der Waals surface area contributed by atoms with Crippen molar-refractivity contribution in [3.05, 3.63) is 394 Å². The van der Waals surface area contributed by atoms with Crippen molar-refractivity contribution in [1.29, 1.82) is 0 Å². The second-order valence-corrected chi connectivity index (χ2v) is 30.1. The van der Waals surface area contributed by atoms with Gasteiger partial charge in [0.1, 0.15) is 45.8 Å². The van der Waals surface area contributed by atoms with Crippen LogP contribution < -0.4 is 20.1 Å². The lowest BCUT2D eigenvalue weighted by Gasteiger charge is -2.36. The maximum atomic E-state index is 15.8.